The molecule has 1 saturated heterocycles. The summed E-state index contributed by atoms with van der Waals surface area (Å²) in [5.41, 5.74) is 1.02. The van der Waals surface area contributed by atoms with Gasteiger partial charge in [-0.15, -0.1) is 0 Å². The number of likely N-dealkylation sites (tertiary alicyclic amines) is 1. The molecular weight excluding hydrogens is 244 g/mol. The third-order valence-corrected chi connectivity index (χ3v) is 5.65. The zero-order valence-corrected chi connectivity index (χ0v) is 14.9. The normalized spacial score (nSPS) is 21.9. The SMILES string of the molecule is CCNC(CCN1CCC(CC)(CC)CC1)C(C)(C)C. The molecule has 1 atom stereocenters. The van der Waals surface area contributed by atoms with Gasteiger partial charge in [0.2, 0.25) is 0 Å². The average Bonchev–Trinajstić information content (AvgIpc) is 2.43. The summed E-state index contributed by atoms with van der Waals surface area (Å²) in [5, 5.41) is 3.67. The lowest BCUT2D eigenvalue weighted by Gasteiger charge is -2.42. The molecule has 1 aliphatic heterocycles. The fourth-order valence-corrected chi connectivity index (χ4v) is 3.61. The van der Waals surface area contributed by atoms with E-state index in [0.717, 1.165) is 6.54 Å². The van der Waals surface area contributed by atoms with Gasteiger partial charge in [0.15, 0.2) is 0 Å². The van der Waals surface area contributed by atoms with Gasteiger partial charge in [0.1, 0.15) is 0 Å². The second kappa shape index (κ2) is 7.79. The van der Waals surface area contributed by atoms with Crippen molar-refractivity contribution in [1.29, 1.82) is 0 Å². The van der Waals surface area contributed by atoms with Gasteiger partial charge < -0.3 is 10.2 Å². The van der Waals surface area contributed by atoms with Gasteiger partial charge in [-0.2, -0.15) is 0 Å². The van der Waals surface area contributed by atoms with Crippen molar-refractivity contribution in [2.75, 3.05) is 26.2 Å². The lowest BCUT2D eigenvalue weighted by Crippen LogP contribution is -2.45. The lowest BCUT2D eigenvalue weighted by atomic mass is 9.74. The molecule has 1 aliphatic rings. The minimum Gasteiger partial charge on any atom is -0.314 e. The van der Waals surface area contributed by atoms with Crippen molar-refractivity contribution in [3.05, 3.63) is 0 Å². The number of nitrogens with one attached hydrogen (secondary N) is 1. The molecule has 2 nitrogen and oxygen atoms in total. The van der Waals surface area contributed by atoms with Crippen molar-refractivity contribution in [2.45, 2.75) is 79.7 Å². The summed E-state index contributed by atoms with van der Waals surface area (Å²) in [6.45, 7) is 19.0. The van der Waals surface area contributed by atoms with Crippen LogP contribution in [0.1, 0.15) is 73.6 Å². The minimum atomic E-state index is 0.363. The van der Waals surface area contributed by atoms with Crippen molar-refractivity contribution < 1.29 is 0 Å². The topological polar surface area (TPSA) is 15.3 Å². The summed E-state index contributed by atoms with van der Waals surface area (Å²) in [7, 11) is 0. The molecule has 1 unspecified atom stereocenters. The maximum absolute atomic E-state index is 3.67. The van der Waals surface area contributed by atoms with Gasteiger partial charge >= 0.3 is 0 Å². The Morgan fingerprint density at radius 3 is 2.00 bits per heavy atom. The van der Waals surface area contributed by atoms with Crippen LogP contribution in [0.25, 0.3) is 0 Å². The first-order valence-electron chi connectivity index (χ1n) is 8.82. The van der Waals surface area contributed by atoms with Gasteiger partial charge in [-0.05, 0) is 56.3 Å². The molecule has 0 bridgehead atoms. The zero-order valence-electron chi connectivity index (χ0n) is 14.9. The number of nitrogens with zero attached hydrogens (tertiary/aromatic N) is 1. The van der Waals surface area contributed by atoms with Gasteiger partial charge in [0.05, 0.1) is 0 Å². The van der Waals surface area contributed by atoms with E-state index in [-0.39, 0.29) is 0 Å². The summed E-state index contributed by atoms with van der Waals surface area (Å²) in [6.07, 6.45) is 6.81. The molecule has 2 heteroatoms. The summed E-state index contributed by atoms with van der Waals surface area (Å²) >= 11 is 0. The largest absolute Gasteiger partial charge is 0.314 e. The summed E-state index contributed by atoms with van der Waals surface area (Å²) in [4.78, 5) is 2.69. The molecular formula is C18H38N2. The van der Waals surface area contributed by atoms with Gasteiger partial charge in [-0.25, -0.2) is 0 Å². The highest BCUT2D eigenvalue weighted by Crippen LogP contribution is 2.38. The fourth-order valence-electron chi connectivity index (χ4n) is 3.61. The molecule has 0 aromatic heterocycles. The highest BCUT2D eigenvalue weighted by Gasteiger charge is 2.31. The zero-order chi connectivity index (χ0) is 15.2. The quantitative estimate of drug-likeness (QED) is 0.749. The van der Waals surface area contributed by atoms with E-state index >= 15 is 0 Å². The Morgan fingerprint density at radius 2 is 1.60 bits per heavy atom. The number of hydrogen-bond donors (Lipinski definition) is 1. The number of rotatable bonds is 7. The van der Waals surface area contributed by atoms with Crippen LogP contribution in [0.5, 0.6) is 0 Å². The van der Waals surface area contributed by atoms with Crippen molar-refractivity contribution >= 4 is 0 Å². The Labute approximate surface area is 127 Å². The first-order valence-corrected chi connectivity index (χ1v) is 8.82. The van der Waals surface area contributed by atoms with Crippen LogP contribution < -0.4 is 5.32 Å². The molecule has 0 spiro atoms. The third kappa shape index (κ3) is 5.04. The first kappa shape index (κ1) is 18.0. The highest BCUT2D eigenvalue weighted by molar-refractivity contribution is 4.86. The second-order valence-corrected chi connectivity index (χ2v) is 7.81. The monoisotopic (exact) mass is 282 g/mol. The maximum Gasteiger partial charge on any atom is 0.0128 e. The summed E-state index contributed by atoms with van der Waals surface area (Å²) in [6, 6.07) is 0.636. The van der Waals surface area contributed by atoms with E-state index in [1.54, 1.807) is 0 Å². The molecule has 1 fully saturated rings. The molecule has 0 amide bonds. The fraction of sp³-hybridized carbons (Fsp3) is 1.00. The van der Waals surface area contributed by atoms with Crippen LogP contribution >= 0.6 is 0 Å². The van der Waals surface area contributed by atoms with Gasteiger partial charge in [0.25, 0.3) is 0 Å². The molecule has 0 aromatic carbocycles. The molecule has 1 rings (SSSR count). The van der Waals surface area contributed by atoms with E-state index in [4.69, 9.17) is 0 Å². The van der Waals surface area contributed by atoms with Gasteiger partial charge in [-0.3, -0.25) is 0 Å². The van der Waals surface area contributed by atoms with Crippen molar-refractivity contribution in [2.24, 2.45) is 10.8 Å². The van der Waals surface area contributed by atoms with Crippen molar-refractivity contribution in [3.63, 3.8) is 0 Å². The second-order valence-electron chi connectivity index (χ2n) is 7.81. The molecule has 20 heavy (non-hydrogen) atoms. The predicted molar refractivity (Wildman–Crippen MR) is 90.2 cm³/mol. The standard InChI is InChI=1S/C18H38N2/c1-7-18(8-2)11-14-20(15-12-18)13-10-16(19-9-3)17(4,5)6/h16,19H,7-15H2,1-6H3. The van der Waals surface area contributed by atoms with E-state index in [1.165, 1.54) is 51.7 Å². The van der Waals surface area contributed by atoms with Gasteiger partial charge in [0, 0.05) is 6.04 Å². The molecule has 120 valence electrons. The number of piperidine rings is 1. The molecule has 0 aromatic rings. The first-order chi connectivity index (χ1) is 9.37. The molecule has 1 N–H and O–H groups in total. The van der Waals surface area contributed by atoms with Crippen LogP contribution in [0.3, 0.4) is 0 Å². The Kier molecular flexibility index (Phi) is 7.00. The van der Waals surface area contributed by atoms with Crippen LogP contribution in [0, 0.1) is 10.8 Å². The van der Waals surface area contributed by atoms with Crippen LogP contribution in [-0.4, -0.2) is 37.1 Å². The summed E-state index contributed by atoms with van der Waals surface area (Å²) in [5.74, 6) is 0. The van der Waals surface area contributed by atoms with E-state index < -0.39 is 0 Å². The maximum atomic E-state index is 3.67. The third-order valence-electron chi connectivity index (χ3n) is 5.65. The van der Waals surface area contributed by atoms with E-state index in [9.17, 15) is 0 Å². The van der Waals surface area contributed by atoms with Crippen molar-refractivity contribution in [1.82, 2.24) is 10.2 Å². The van der Waals surface area contributed by atoms with E-state index in [2.05, 4.69) is 51.8 Å². The molecule has 0 radical (unpaired) electrons. The van der Waals surface area contributed by atoms with E-state index in [0.29, 0.717) is 16.9 Å². The highest BCUT2D eigenvalue weighted by atomic mass is 15.1. The molecule has 1 heterocycles. The van der Waals surface area contributed by atoms with E-state index in [1.807, 2.05) is 0 Å². The predicted octanol–water partition coefficient (Wildman–Crippen LogP) is 4.30. The molecule has 0 saturated carbocycles. The van der Waals surface area contributed by atoms with Gasteiger partial charge in [-0.1, -0.05) is 54.4 Å². The Morgan fingerprint density at radius 1 is 1.05 bits per heavy atom. The number of hydrogen-bond acceptors (Lipinski definition) is 2. The average molecular weight is 283 g/mol. The Bertz CT molecular complexity index is 253. The summed E-state index contributed by atoms with van der Waals surface area (Å²) < 4.78 is 0. The van der Waals surface area contributed by atoms with Crippen molar-refractivity contribution in [3.8, 4) is 0 Å². The van der Waals surface area contributed by atoms with Crippen LogP contribution in [0.2, 0.25) is 0 Å². The molecule has 0 aliphatic carbocycles. The van der Waals surface area contributed by atoms with Crippen LogP contribution in [0.15, 0.2) is 0 Å². The lowest BCUT2D eigenvalue weighted by molar-refractivity contribution is 0.0881. The smallest absolute Gasteiger partial charge is 0.0128 e. The Hall–Kier alpha value is -0.0800. The minimum absolute atomic E-state index is 0.363. The van der Waals surface area contributed by atoms with Crippen LogP contribution in [-0.2, 0) is 0 Å². The Balaban J connectivity index is 2.40. The van der Waals surface area contributed by atoms with Crippen LogP contribution in [0.4, 0.5) is 0 Å².